The van der Waals surface area contributed by atoms with Gasteiger partial charge in [-0.05, 0) is 43.2 Å². The van der Waals surface area contributed by atoms with E-state index in [1.165, 1.54) is 0 Å². The van der Waals surface area contributed by atoms with Crippen LogP contribution in [0.1, 0.15) is 44.6 Å². The SMILES string of the molecule is CC(CN)C1CCN(C(=O)[C@](O)(c2ccccc2)[C@@H]2CCC(F)(F)C2)CC1. The lowest BCUT2D eigenvalue weighted by Gasteiger charge is -2.41. The summed E-state index contributed by atoms with van der Waals surface area (Å²) in [5.41, 5.74) is 4.28. The molecule has 4 nitrogen and oxygen atoms in total. The molecule has 150 valence electrons. The number of likely N-dealkylation sites (tertiary alicyclic amines) is 1. The van der Waals surface area contributed by atoms with Crippen molar-refractivity contribution in [2.75, 3.05) is 19.6 Å². The predicted octanol–water partition coefficient (Wildman–Crippen LogP) is 3.14. The average Bonchev–Trinajstić information content (AvgIpc) is 3.07. The van der Waals surface area contributed by atoms with Gasteiger partial charge in [0.05, 0.1) is 0 Å². The van der Waals surface area contributed by atoms with Crippen LogP contribution in [-0.4, -0.2) is 41.5 Å². The van der Waals surface area contributed by atoms with E-state index in [0.717, 1.165) is 12.8 Å². The molecule has 1 unspecified atom stereocenters. The van der Waals surface area contributed by atoms with Crippen LogP contribution in [0.5, 0.6) is 0 Å². The summed E-state index contributed by atoms with van der Waals surface area (Å²) in [7, 11) is 0. The number of aliphatic hydroxyl groups is 1. The van der Waals surface area contributed by atoms with E-state index in [1.807, 2.05) is 0 Å². The maximum Gasteiger partial charge on any atom is 0.259 e. The summed E-state index contributed by atoms with van der Waals surface area (Å²) in [4.78, 5) is 15.0. The minimum Gasteiger partial charge on any atom is -0.375 e. The maximum absolute atomic E-state index is 13.9. The second-order valence-electron chi connectivity index (χ2n) is 8.27. The molecule has 0 radical (unpaired) electrons. The first kappa shape index (κ1) is 20.2. The van der Waals surface area contributed by atoms with Gasteiger partial charge in [0.1, 0.15) is 0 Å². The highest BCUT2D eigenvalue weighted by atomic mass is 19.3. The minimum atomic E-state index is -2.82. The monoisotopic (exact) mass is 380 g/mol. The quantitative estimate of drug-likeness (QED) is 0.825. The Morgan fingerprint density at radius 3 is 2.44 bits per heavy atom. The molecule has 3 N–H and O–H groups in total. The Hall–Kier alpha value is -1.53. The second-order valence-corrected chi connectivity index (χ2v) is 8.27. The number of carbonyl (C=O) groups excluding carboxylic acids is 1. The van der Waals surface area contributed by atoms with Crippen LogP contribution in [0.4, 0.5) is 8.78 Å². The number of hydrogen-bond acceptors (Lipinski definition) is 3. The third kappa shape index (κ3) is 4.02. The Labute approximate surface area is 159 Å². The molecule has 1 amide bonds. The molecule has 3 atom stereocenters. The van der Waals surface area contributed by atoms with Crippen LogP contribution >= 0.6 is 0 Å². The maximum atomic E-state index is 13.9. The number of benzene rings is 1. The van der Waals surface area contributed by atoms with Gasteiger partial charge in [-0.1, -0.05) is 37.3 Å². The molecule has 3 rings (SSSR count). The summed E-state index contributed by atoms with van der Waals surface area (Å²) in [5, 5.41) is 11.5. The molecule has 1 aliphatic heterocycles. The van der Waals surface area contributed by atoms with Crippen molar-refractivity contribution in [2.24, 2.45) is 23.5 Å². The van der Waals surface area contributed by atoms with Crippen molar-refractivity contribution < 1.29 is 18.7 Å². The molecule has 27 heavy (non-hydrogen) atoms. The Balaban J connectivity index is 1.83. The average molecular weight is 380 g/mol. The summed E-state index contributed by atoms with van der Waals surface area (Å²) < 4.78 is 27.8. The van der Waals surface area contributed by atoms with Crippen LogP contribution in [-0.2, 0) is 10.4 Å². The van der Waals surface area contributed by atoms with Crippen molar-refractivity contribution >= 4 is 5.91 Å². The molecule has 1 aromatic rings. The highest BCUT2D eigenvalue weighted by Gasteiger charge is 2.54. The van der Waals surface area contributed by atoms with E-state index < -0.39 is 29.8 Å². The van der Waals surface area contributed by atoms with Gasteiger partial charge < -0.3 is 15.7 Å². The van der Waals surface area contributed by atoms with E-state index in [0.29, 0.717) is 37.0 Å². The molecular formula is C21H30F2N2O2. The molecule has 1 heterocycles. The van der Waals surface area contributed by atoms with Gasteiger partial charge in [0.15, 0.2) is 5.60 Å². The number of hydrogen-bond donors (Lipinski definition) is 2. The number of nitrogens with zero attached hydrogens (tertiary/aromatic N) is 1. The van der Waals surface area contributed by atoms with Crippen LogP contribution < -0.4 is 5.73 Å². The number of amides is 1. The zero-order chi connectivity index (χ0) is 19.7. The van der Waals surface area contributed by atoms with Gasteiger partial charge in [0.25, 0.3) is 5.91 Å². The zero-order valence-corrected chi connectivity index (χ0v) is 15.9. The fraction of sp³-hybridized carbons (Fsp3) is 0.667. The summed E-state index contributed by atoms with van der Waals surface area (Å²) in [5.74, 6) is -3.18. The van der Waals surface area contributed by atoms with Crippen LogP contribution in [0.3, 0.4) is 0 Å². The van der Waals surface area contributed by atoms with E-state index in [-0.39, 0.29) is 12.8 Å². The van der Waals surface area contributed by atoms with Crippen LogP contribution in [0.15, 0.2) is 30.3 Å². The lowest BCUT2D eigenvalue weighted by atomic mass is 9.78. The highest BCUT2D eigenvalue weighted by Crippen LogP contribution is 2.48. The molecule has 1 saturated carbocycles. The summed E-state index contributed by atoms with van der Waals surface area (Å²) in [6, 6.07) is 8.58. The normalized spacial score (nSPS) is 26.6. The molecule has 2 aliphatic rings. The highest BCUT2D eigenvalue weighted by molar-refractivity contribution is 5.87. The first-order chi connectivity index (χ1) is 12.8. The lowest BCUT2D eigenvalue weighted by Crippen LogP contribution is -2.53. The van der Waals surface area contributed by atoms with Gasteiger partial charge >= 0.3 is 0 Å². The van der Waals surface area contributed by atoms with Crippen molar-refractivity contribution in [3.63, 3.8) is 0 Å². The fourth-order valence-electron chi connectivity index (χ4n) is 4.64. The number of piperidine rings is 1. The summed E-state index contributed by atoms with van der Waals surface area (Å²) >= 11 is 0. The second kappa shape index (κ2) is 7.84. The van der Waals surface area contributed by atoms with Crippen LogP contribution in [0, 0.1) is 17.8 Å². The van der Waals surface area contributed by atoms with Crippen molar-refractivity contribution in [1.82, 2.24) is 4.90 Å². The number of nitrogens with two attached hydrogens (primary N) is 1. The van der Waals surface area contributed by atoms with Gasteiger partial charge in [-0.15, -0.1) is 0 Å². The Morgan fingerprint density at radius 2 is 1.93 bits per heavy atom. The molecule has 0 spiro atoms. The van der Waals surface area contributed by atoms with E-state index >= 15 is 0 Å². The molecule has 1 aromatic carbocycles. The predicted molar refractivity (Wildman–Crippen MR) is 100 cm³/mol. The smallest absolute Gasteiger partial charge is 0.259 e. The van der Waals surface area contributed by atoms with Crippen LogP contribution in [0.2, 0.25) is 0 Å². The Kier molecular flexibility index (Phi) is 5.87. The van der Waals surface area contributed by atoms with Crippen molar-refractivity contribution in [3.8, 4) is 0 Å². The summed E-state index contributed by atoms with van der Waals surface area (Å²) in [6.07, 6.45) is 1.07. The Morgan fingerprint density at radius 1 is 1.30 bits per heavy atom. The van der Waals surface area contributed by atoms with Crippen LogP contribution in [0.25, 0.3) is 0 Å². The topological polar surface area (TPSA) is 66.6 Å². The minimum absolute atomic E-state index is 0.144. The fourth-order valence-corrected chi connectivity index (χ4v) is 4.64. The zero-order valence-electron chi connectivity index (χ0n) is 15.9. The van der Waals surface area contributed by atoms with Gasteiger partial charge in [0, 0.05) is 31.8 Å². The molecule has 6 heteroatoms. The van der Waals surface area contributed by atoms with Gasteiger partial charge in [-0.3, -0.25) is 4.79 Å². The third-order valence-electron chi connectivity index (χ3n) is 6.54. The number of halogens is 2. The molecule has 2 fully saturated rings. The molecule has 1 saturated heterocycles. The third-order valence-corrected chi connectivity index (χ3v) is 6.54. The van der Waals surface area contributed by atoms with Crippen molar-refractivity contribution in [1.29, 1.82) is 0 Å². The molecule has 1 aliphatic carbocycles. The van der Waals surface area contributed by atoms with Crippen molar-refractivity contribution in [2.45, 2.75) is 50.6 Å². The lowest BCUT2D eigenvalue weighted by molar-refractivity contribution is -0.162. The molecule has 0 bridgehead atoms. The van der Waals surface area contributed by atoms with Crippen molar-refractivity contribution in [3.05, 3.63) is 35.9 Å². The largest absolute Gasteiger partial charge is 0.375 e. The number of carbonyl (C=O) groups is 1. The molecule has 0 aromatic heterocycles. The van der Waals surface area contributed by atoms with Gasteiger partial charge in [0.2, 0.25) is 5.92 Å². The first-order valence-corrected chi connectivity index (χ1v) is 9.93. The number of rotatable bonds is 5. The van der Waals surface area contributed by atoms with Gasteiger partial charge in [-0.25, -0.2) is 8.78 Å². The first-order valence-electron chi connectivity index (χ1n) is 9.93. The van der Waals surface area contributed by atoms with E-state index in [4.69, 9.17) is 5.73 Å². The standard InChI is InChI=1S/C21H30F2N2O2/c1-15(14-24)16-8-11-25(12-9-16)19(26)21(27,17-5-3-2-4-6-17)18-7-10-20(22,23)13-18/h2-6,15-16,18,27H,7-14,24H2,1H3/t15?,18-,21+/m1/s1. The molecular weight excluding hydrogens is 350 g/mol. The van der Waals surface area contributed by atoms with Gasteiger partial charge in [-0.2, -0.15) is 0 Å². The number of alkyl halides is 2. The van der Waals surface area contributed by atoms with E-state index in [1.54, 1.807) is 35.2 Å². The summed E-state index contributed by atoms with van der Waals surface area (Å²) in [6.45, 7) is 3.80. The van der Waals surface area contributed by atoms with E-state index in [2.05, 4.69) is 6.92 Å². The Bertz CT molecular complexity index is 647. The van der Waals surface area contributed by atoms with E-state index in [9.17, 15) is 18.7 Å².